The fourth-order valence-corrected chi connectivity index (χ4v) is 4.71. The van der Waals surface area contributed by atoms with Crippen molar-refractivity contribution < 1.29 is 24.3 Å². The van der Waals surface area contributed by atoms with E-state index < -0.39 is 48.1 Å². The summed E-state index contributed by atoms with van der Waals surface area (Å²) in [6.45, 7) is 0.210. The second kappa shape index (κ2) is 15.7. The Bertz CT molecular complexity index is 1540. The number of nitrogen functional groups attached to an aromatic ring is 1. The average Bonchev–Trinajstić information content (AvgIpc) is 2.98. The lowest BCUT2D eigenvalue weighted by molar-refractivity contribution is -0.138. The maximum Gasteiger partial charge on any atom is 0.303 e. The Balaban J connectivity index is 1.88. The van der Waals surface area contributed by atoms with Crippen LogP contribution in [0.3, 0.4) is 0 Å². The summed E-state index contributed by atoms with van der Waals surface area (Å²) in [4.78, 5) is 54.5. The van der Waals surface area contributed by atoms with Gasteiger partial charge in [0.15, 0.2) is 5.96 Å². The number of nitrogens with one attached hydrogen (secondary N) is 3. The second-order valence-corrected chi connectivity index (χ2v) is 10.4. The molecule has 0 aromatic heterocycles. The number of carbonyl (C=O) groups excluding carboxylic acids is 3. The van der Waals surface area contributed by atoms with Gasteiger partial charge in [0.1, 0.15) is 17.9 Å². The number of hydrogen-bond donors (Lipinski definition) is 8. The van der Waals surface area contributed by atoms with Gasteiger partial charge in [-0.05, 0) is 47.6 Å². The highest BCUT2D eigenvalue weighted by Gasteiger charge is 2.30. The Morgan fingerprint density at radius 1 is 0.818 bits per heavy atom. The third-order valence-electron chi connectivity index (χ3n) is 7.08. The maximum absolute atomic E-state index is 13.9. The van der Waals surface area contributed by atoms with Crippen molar-refractivity contribution in [3.05, 3.63) is 83.4 Å². The lowest BCUT2D eigenvalue weighted by atomic mass is 9.89. The molecule has 3 rings (SSSR count). The topological polar surface area (TPSA) is 253 Å². The average molecular weight is 603 g/mol. The molecule has 0 aliphatic heterocycles. The first-order valence-electron chi connectivity index (χ1n) is 14.0. The smallest absolute Gasteiger partial charge is 0.303 e. The van der Waals surface area contributed by atoms with Gasteiger partial charge in [0, 0.05) is 18.5 Å². The molecule has 0 radical (unpaired) electrons. The monoisotopic (exact) mass is 602 g/mol. The molecule has 0 bridgehead atoms. The molecule has 3 amide bonds. The van der Waals surface area contributed by atoms with E-state index in [2.05, 4.69) is 15.6 Å². The van der Waals surface area contributed by atoms with Crippen LogP contribution in [0.15, 0.2) is 71.7 Å². The van der Waals surface area contributed by atoms with Crippen molar-refractivity contribution >= 4 is 46.3 Å². The van der Waals surface area contributed by atoms with Crippen molar-refractivity contribution in [1.82, 2.24) is 10.6 Å². The number of carboxylic acid groups (broad SMARTS) is 1. The van der Waals surface area contributed by atoms with Crippen molar-refractivity contribution in [1.29, 1.82) is 5.41 Å². The zero-order valence-corrected chi connectivity index (χ0v) is 24.2. The number of aliphatic imine (C=N–C) groups is 1. The third kappa shape index (κ3) is 9.82. The quantitative estimate of drug-likeness (QED) is 0.0660. The Kier molecular flexibility index (Phi) is 11.8. The van der Waals surface area contributed by atoms with Gasteiger partial charge in [-0.15, -0.1) is 0 Å². The molecule has 232 valence electrons. The first kappa shape index (κ1) is 33.0. The molecule has 12 N–H and O–H groups in total. The van der Waals surface area contributed by atoms with Crippen LogP contribution in [-0.2, 0) is 25.6 Å². The zero-order chi connectivity index (χ0) is 32.2. The van der Waals surface area contributed by atoms with Crippen LogP contribution in [0.5, 0.6) is 0 Å². The predicted octanol–water partition coefficient (Wildman–Crippen LogP) is 0.823. The van der Waals surface area contributed by atoms with Crippen molar-refractivity contribution in [2.24, 2.45) is 27.9 Å². The summed E-state index contributed by atoms with van der Waals surface area (Å²) in [7, 11) is 0. The van der Waals surface area contributed by atoms with Crippen molar-refractivity contribution in [2.75, 3.05) is 6.54 Å². The van der Waals surface area contributed by atoms with Crippen molar-refractivity contribution in [3.8, 4) is 0 Å². The van der Waals surface area contributed by atoms with Crippen LogP contribution in [0.25, 0.3) is 10.8 Å². The number of amidine groups is 1. The van der Waals surface area contributed by atoms with E-state index in [9.17, 15) is 24.3 Å². The molecule has 0 saturated carbocycles. The molecule has 13 nitrogen and oxygen atoms in total. The van der Waals surface area contributed by atoms with E-state index in [0.717, 1.165) is 16.3 Å². The van der Waals surface area contributed by atoms with Gasteiger partial charge >= 0.3 is 5.97 Å². The van der Waals surface area contributed by atoms with Crippen LogP contribution in [0.1, 0.15) is 48.3 Å². The van der Waals surface area contributed by atoms with E-state index in [1.54, 1.807) is 24.3 Å². The zero-order valence-electron chi connectivity index (χ0n) is 24.2. The molecular weight excluding hydrogens is 564 g/mol. The minimum absolute atomic E-state index is 0.0850. The number of nitrogens with zero attached hydrogens (tertiary/aromatic N) is 1. The van der Waals surface area contributed by atoms with Crippen LogP contribution < -0.4 is 33.6 Å². The molecule has 0 heterocycles. The first-order valence-corrected chi connectivity index (χ1v) is 14.0. The van der Waals surface area contributed by atoms with Crippen LogP contribution in [-0.4, -0.2) is 59.2 Å². The van der Waals surface area contributed by atoms with E-state index in [1.165, 1.54) is 0 Å². The number of nitrogens with two attached hydrogens (primary N) is 4. The molecule has 0 aliphatic carbocycles. The molecule has 3 aromatic carbocycles. The molecule has 0 spiro atoms. The van der Waals surface area contributed by atoms with Crippen LogP contribution in [0.4, 0.5) is 0 Å². The summed E-state index contributed by atoms with van der Waals surface area (Å²) in [6, 6.07) is 17.9. The molecule has 2 unspecified atom stereocenters. The lowest BCUT2D eigenvalue weighted by Gasteiger charge is -2.24. The molecule has 44 heavy (non-hydrogen) atoms. The van der Waals surface area contributed by atoms with Crippen LogP contribution >= 0.6 is 0 Å². The molecule has 3 aromatic rings. The summed E-state index contributed by atoms with van der Waals surface area (Å²) < 4.78 is 0. The van der Waals surface area contributed by atoms with E-state index in [1.807, 2.05) is 42.5 Å². The number of rotatable bonds is 16. The highest BCUT2D eigenvalue weighted by molar-refractivity contribution is 5.95. The van der Waals surface area contributed by atoms with E-state index in [4.69, 9.17) is 28.3 Å². The maximum atomic E-state index is 13.9. The van der Waals surface area contributed by atoms with Gasteiger partial charge in [0.2, 0.25) is 17.7 Å². The number of guanidine groups is 1. The minimum Gasteiger partial charge on any atom is -0.481 e. The summed E-state index contributed by atoms with van der Waals surface area (Å²) in [5.41, 5.74) is 23.7. The SMILES string of the molecule is N=C(N)c1ccc(C[C@H](C(=O)NC(CCC(=O)O)C(=O)NC(CCCN=C(N)N)C(N)=O)c2ccc3ccccc3c2)cc1. The number of aliphatic carboxylic acids is 1. The van der Waals surface area contributed by atoms with Gasteiger partial charge < -0.3 is 38.7 Å². The fraction of sp³-hybridized carbons (Fsp3) is 0.290. The van der Waals surface area contributed by atoms with Gasteiger partial charge in [-0.25, -0.2) is 0 Å². The number of carbonyl (C=O) groups is 4. The Hall–Kier alpha value is -5.46. The van der Waals surface area contributed by atoms with Gasteiger partial charge in [0.25, 0.3) is 0 Å². The van der Waals surface area contributed by atoms with Gasteiger partial charge in [-0.3, -0.25) is 29.6 Å². The summed E-state index contributed by atoms with van der Waals surface area (Å²) in [6.07, 6.45) is 0.0868. The number of benzene rings is 3. The van der Waals surface area contributed by atoms with Crippen LogP contribution in [0.2, 0.25) is 0 Å². The normalized spacial score (nSPS) is 12.8. The summed E-state index contributed by atoms with van der Waals surface area (Å²) in [5, 5.41) is 24.1. The van der Waals surface area contributed by atoms with E-state index in [-0.39, 0.29) is 37.6 Å². The predicted molar refractivity (Wildman–Crippen MR) is 168 cm³/mol. The Labute approximate surface area is 254 Å². The molecule has 3 atom stereocenters. The summed E-state index contributed by atoms with van der Waals surface area (Å²) >= 11 is 0. The van der Waals surface area contributed by atoms with E-state index >= 15 is 0 Å². The highest BCUT2D eigenvalue weighted by atomic mass is 16.4. The molecule has 0 saturated heterocycles. The molecule has 0 aliphatic rings. The number of fused-ring (bicyclic) bond motifs is 1. The minimum atomic E-state index is -1.26. The molecule has 0 fully saturated rings. The summed E-state index contributed by atoms with van der Waals surface area (Å²) in [5.74, 6) is -4.17. The number of primary amides is 1. The van der Waals surface area contributed by atoms with Crippen molar-refractivity contribution in [2.45, 2.75) is 50.1 Å². The number of amides is 3. The Morgan fingerprint density at radius 3 is 2.09 bits per heavy atom. The van der Waals surface area contributed by atoms with Gasteiger partial charge in [-0.1, -0.05) is 66.7 Å². The highest BCUT2D eigenvalue weighted by Crippen LogP contribution is 2.26. The third-order valence-corrected chi connectivity index (χ3v) is 7.08. The first-order chi connectivity index (χ1) is 20.9. The van der Waals surface area contributed by atoms with E-state index in [0.29, 0.717) is 17.5 Å². The molecular formula is C31H38N8O5. The van der Waals surface area contributed by atoms with Gasteiger partial charge in [0.05, 0.1) is 5.92 Å². The number of carboxylic acids is 1. The van der Waals surface area contributed by atoms with Crippen molar-refractivity contribution in [3.63, 3.8) is 0 Å². The Morgan fingerprint density at radius 2 is 1.48 bits per heavy atom. The largest absolute Gasteiger partial charge is 0.481 e. The lowest BCUT2D eigenvalue weighted by Crippen LogP contribution is -2.53. The molecule has 13 heteroatoms. The van der Waals surface area contributed by atoms with Gasteiger partial charge in [-0.2, -0.15) is 0 Å². The number of hydrogen-bond acceptors (Lipinski definition) is 6. The standard InChI is InChI=1S/C31H38N8O5/c32-27(33)20-9-7-18(8-10-20)16-23(22-12-11-19-4-1-2-5-21(19)17-22)29(43)39-25(13-14-26(40)41)30(44)38-24(28(34)42)6-3-15-37-31(35)36/h1-2,4-5,7-12,17,23-25H,3,6,13-16H2,(H3,32,33)(H2,34,42)(H,38,44)(H,39,43)(H,40,41)(H4,35,36,37)/t23-,24?,25?/m0/s1. The second-order valence-electron chi connectivity index (χ2n) is 10.4. The fourth-order valence-electron chi connectivity index (χ4n) is 4.71. The van der Waals surface area contributed by atoms with Crippen LogP contribution in [0, 0.1) is 5.41 Å².